The third-order valence-corrected chi connectivity index (χ3v) is 4.09. The van der Waals surface area contributed by atoms with Gasteiger partial charge in [-0.3, -0.25) is 0 Å². The number of benzene rings is 1. The average Bonchev–Trinajstić information content (AvgIpc) is 2.84. The molecule has 2 heterocycles. The maximum atomic E-state index is 4.16. The van der Waals surface area contributed by atoms with Gasteiger partial charge in [0.15, 0.2) is 0 Å². The summed E-state index contributed by atoms with van der Waals surface area (Å²) in [6.07, 6.45) is 0. The van der Waals surface area contributed by atoms with Gasteiger partial charge in [-0.25, -0.2) is 0 Å². The zero-order valence-corrected chi connectivity index (χ0v) is 9.93. The first-order valence-electron chi connectivity index (χ1n) is 4.71. The number of fused-ring (bicyclic) bond motifs is 1. The van der Waals surface area contributed by atoms with E-state index in [-0.39, 0.29) is 0 Å². The SMILES string of the molecule is Cc1nnc2[se]cc(-c3ccccc3)n12. The van der Waals surface area contributed by atoms with Crippen LogP contribution in [0, 0.1) is 6.92 Å². The molecule has 3 aromatic rings. The van der Waals surface area contributed by atoms with E-state index in [1.807, 2.05) is 13.0 Å². The second-order valence-electron chi connectivity index (χ2n) is 3.35. The number of hydrogen-bond acceptors (Lipinski definition) is 2. The molecular formula is C11H9N3Se. The van der Waals surface area contributed by atoms with Gasteiger partial charge in [0.25, 0.3) is 0 Å². The van der Waals surface area contributed by atoms with Gasteiger partial charge < -0.3 is 0 Å². The molecule has 0 saturated heterocycles. The molecule has 3 rings (SSSR count). The second kappa shape index (κ2) is 3.33. The van der Waals surface area contributed by atoms with Gasteiger partial charge in [0.05, 0.1) is 0 Å². The van der Waals surface area contributed by atoms with Crippen LogP contribution in [0.25, 0.3) is 15.8 Å². The van der Waals surface area contributed by atoms with Crippen LogP contribution in [0.2, 0.25) is 0 Å². The summed E-state index contributed by atoms with van der Waals surface area (Å²) in [5.74, 6) is 0.972. The molecule has 3 nitrogen and oxygen atoms in total. The Morgan fingerprint density at radius 2 is 1.93 bits per heavy atom. The van der Waals surface area contributed by atoms with Crippen LogP contribution in [0.5, 0.6) is 0 Å². The molecule has 1 aromatic carbocycles. The van der Waals surface area contributed by atoms with Crippen molar-refractivity contribution < 1.29 is 0 Å². The molecule has 0 aliphatic heterocycles. The number of hydrogen-bond donors (Lipinski definition) is 0. The van der Waals surface area contributed by atoms with Crippen molar-refractivity contribution in [3.8, 4) is 11.3 Å². The summed E-state index contributed by atoms with van der Waals surface area (Å²) >= 11 is 0.326. The Morgan fingerprint density at radius 1 is 1.13 bits per heavy atom. The van der Waals surface area contributed by atoms with E-state index in [1.165, 1.54) is 11.3 Å². The van der Waals surface area contributed by atoms with Crippen molar-refractivity contribution in [2.24, 2.45) is 0 Å². The fourth-order valence-corrected chi connectivity index (χ4v) is 3.52. The molecule has 4 heteroatoms. The summed E-state index contributed by atoms with van der Waals surface area (Å²) in [6.45, 7) is 1.99. The summed E-state index contributed by atoms with van der Waals surface area (Å²) in [6, 6.07) is 10.4. The third-order valence-electron chi connectivity index (χ3n) is 2.38. The van der Waals surface area contributed by atoms with Gasteiger partial charge in [0, 0.05) is 0 Å². The van der Waals surface area contributed by atoms with Gasteiger partial charge >= 0.3 is 92.9 Å². The normalized spacial score (nSPS) is 11.0. The van der Waals surface area contributed by atoms with Gasteiger partial charge in [-0.2, -0.15) is 0 Å². The Bertz CT molecular complexity index is 595. The molecule has 0 amide bonds. The van der Waals surface area contributed by atoms with Gasteiger partial charge in [-0.15, -0.1) is 0 Å². The fourth-order valence-electron chi connectivity index (χ4n) is 1.66. The maximum absolute atomic E-state index is 4.16. The molecule has 0 radical (unpaired) electrons. The molecule has 15 heavy (non-hydrogen) atoms. The van der Waals surface area contributed by atoms with Crippen molar-refractivity contribution >= 4 is 19.0 Å². The standard InChI is InChI=1S/C11H9N3Se/c1-8-12-13-11-14(8)10(7-15-11)9-5-3-2-4-6-9/h2-7H,1H3. The Morgan fingerprint density at radius 3 is 2.73 bits per heavy atom. The second-order valence-corrected chi connectivity index (χ2v) is 5.11. The first-order chi connectivity index (χ1) is 7.36. The molecule has 0 N–H and O–H groups in total. The van der Waals surface area contributed by atoms with Crippen molar-refractivity contribution in [2.75, 3.05) is 0 Å². The molecule has 0 fully saturated rings. The van der Waals surface area contributed by atoms with Crippen LogP contribution in [-0.2, 0) is 0 Å². The molecule has 0 bridgehead atoms. The Balaban J connectivity index is 2.31. The first kappa shape index (κ1) is 8.89. The Kier molecular flexibility index (Phi) is 1.97. The molecule has 0 saturated carbocycles. The minimum absolute atomic E-state index is 0.326. The van der Waals surface area contributed by atoms with Crippen LogP contribution < -0.4 is 0 Å². The van der Waals surface area contributed by atoms with Crippen LogP contribution >= 0.6 is 0 Å². The minimum atomic E-state index is 0.326. The Hall–Kier alpha value is -1.38. The Labute approximate surface area is 93.1 Å². The summed E-state index contributed by atoms with van der Waals surface area (Å²) in [7, 11) is 0. The van der Waals surface area contributed by atoms with Crippen molar-refractivity contribution in [1.82, 2.24) is 14.6 Å². The zero-order chi connectivity index (χ0) is 10.3. The quantitative estimate of drug-likeness (QED) is 0.625. The molecule has 0 unspecified atom stereocenters. The summed E-state index contributed by atoms with van der Waals surface area (Å²) in [5, 5.41) is 8.26. The predicted octanol–water partition coefficient (Wildman–Crippen LogP) is 1.76. The summed E-state index contributed by atoms with van der Waals surface area (Å²) in [4.78, 5) is 2.26. The number of aryl methyl sites for hydroxylation is 1. The van der Waals surface area contributed by atoms with Gasteiger partial charge in [-0.1, -0.05) is 0 Å². The van der Waals surface area contributed by atoms with Crippen molar-refractivity contribution in [1.29, 1.82) is 0 Å². The molecule has 74 valence electrons. The van der Waals surface area contributed by atoms with Crippen LogP contribution in [0.4, 0.5) is 0 Å². The molecule has 0 atom stereocenters. The number of rotatable bonds is 1. The number of nitrogens with zero attached hydrogens (tertiary/aromatic N) is 3. The summed E-state index contributed by atoms with van der Waals surface area (Å²) in [5.41, 5.74) is 2.47. The molecular weight excluding hydrogens is 253 g/mol. The molecule has 0 aliphatic carbocycles. The van der Waals surface area contributed by atoms with Crippen LogP contribution in [0.15, 0.2) is 35.3 Å². The summed E-state index contributed by atoms with van der Waals surface area (Å²) < 4.78 is 3.24. The average molecular weight is 262 g/mol. The van der Waals surface area contributed by atoms with Crippen molar-refractivity contribution in [2.45, 2.75) is 6.92 Å². The monoisotopic (exact) mass is 263 g/mol. The van der Waals surface area contributed by atoms with Crippen molar-refractivity contribution in [3.63, 3.8) is 0 Å². The number of aromatic nitrogens is 3. The van der Waals surface area contributed by atoms with Gasteiger partial charge in [0.2, 0.25) is 0 Å². The predicted molar refractivity (Wildman–Crippen MR) is 60.1 cm³/mol. The van der Waals surface area contributed by atoms with Gasteiger partial charge in [0.1, 0.15) is 0 Å². The van der Waals surface area contributed by atoms with E-state index in [0.717, 1.165) is 10.3 Å². The molecule has 2 aromatic heterocycles. The topological polar surface area (TPSA) is 30.2 Å². The van der Waals surface area contributed by atoms with Crippen molar-refractivity contribution in [3.05, 3.63) is 41.1 Å². The zero-order valence-electron chi connectivity index (χ0n) is 8.21. The third kappa shape index (κ3) is 1.34. The van der Waals surface area contributed by atoms with E-state index in [1.54, 1.807) is 0 Å². The van der Waals surface area contributed by atoms with E-state index in [0.29, 0.717) is 14.5 Å². The van der Waals surface area contributed by atoms with Crippen LogP contribution in [0.3, 0.4) is 0 Å². The molecule has 0 aliphatic rings. The van der Waals surface area contributed by atoms with Gasteiger partial charge in [-0.05, 0) is 0 Å². The van der Waals surface area contributed by atoms with E-state index in [4.69, 9.17) is 0 Å². The first-order valence-corrected chi connectivity index (χ1v) is 6.55. The van der Waals surface area contributed by atoms with E-state index in [2.05, 4.69) is 43.8 Å². The fraction of sp³-hybridized carbons (Fsp3) is 0.0909. The van der Waals surface area contributed by atoms with E-state index < -0.39 is 0 Å². The van der Waals surface area contributed by atoms with Crippen LogP contribution in [0.1, 0.15) is 5.82 Å². The van der Waals surface area contributed by atoms with Crippen LogP contribution in [-0.4, -0.2) is 29.1 Å². The van der Waals surface area contributed by atoms with E-state index in [9.17, 15) is 0 Å². The van der Waals surface area contributed by atoms with E-state index >= 15 is 0 Å². The molecule has 0 spiro atoms.